The lowest BCUT2D eigenvalue weighted by Crippen LogP contribution is -2.48. The maximum atomic E-state index is 13.2. The van der Waals surface area contributed by atoms with E-state index in [4.69, 9.17) is 4.74 Å². The zero-order valence-electron chi connectivity index (χ0n) is 16.6. The first-order valence-electron chi connectivity index (χ1n) is 10.1. The number of carbonyl (C=O) groups excluding carboxylic acids is 1. The van der Waals surface area contributed by atoms with Crippen LogP contribution in [0.2, 0.25) is 0 Å². The Bertz CT molecular complexity index is 1050. The van der Waals surface area contributed by atoms with Crippen molar-refractivity contribution >= 4 is 22.9 Å². The molecule has 0 unspecified atom stereocenters. The van der Waals surface area contributed by atoms with Crippen molar-refractivity contribution < 1.29 is 9.53 Å². The normalized spacial score (nSPS) is 15.6. The monoisotopic (exact) mass is 404 g/mol. The molecule has 1 fully saturated rings. The van der Waals surface area contributed by atoms with E-state index in [0.29, 0.717) is 0 Å². The number of hydrogen-bond acceptors (Lipinski definition) is 4. The third kappa shape index (κ3) is 3.40. The number of ether oxygens (including phenoxy) is 1. The number of nitrogens with zero attached hydrogens (tertiary/aromatic N) is 2. The molecular formula is C24H24N2O2S. The van der Waals surface area contributed by atoms with Gasteiger partial charge >= 0.3 is 0 Å². The quantitative estimate of drug-likeness (QED) is 0.645. The summed E-state index contributed by atoms with van der Waals surface area (Å²) in [5.74, 6) is 1.04. The predicted octanol–water partition coefficient (Wildman–Crippen LogP) is 4.48. The summed E-state index contributed by atoms with van der Waals surface area (Å²) in [6.07, 6.45) is 2.09. The van der Waals surface area contributed by atoms with E-state index in [9.17, 15) is 4.79 Å². The first kappa shape index (κ1) is 18.3. The van der Waals surface area contributed by atoms with Gasteiger partial charge in [0.05, 0.1) is 12.0 Å². The molecule has 0 atom stereocenters. The molecule has 5 heteroatoms. The van der Waals surface area contributed by atoms with Crippen LogP contribution in [-0.4, -0.2) is 44.1 Å². The number of hydrogen-bond donors (Lipinski definition) is 0. The van der Waals surface area contributed by atoms with Crippen LogP contribution in [-0.2, 0) is 12.8 Å². The number of amides is 1. The molecule has 29 heavy (non-hydrogen) atoms. The minimum atomic E-state index is 0.173. The van der Waals surface area contributed by atoms with Gasteiger partial charge in [0.15, 0.2) is 0 Å². The van der Waals surface area contributed by atoms with Gasteiger partial charge in [-0.2, -0.15) is 0 Å². The molecule has 1 aromatic heterocycles. The number of methoxy groups -OCH3 is 1. The third-order valence-corrected chi connectivity index (χ3v) is 7.13. The molecular weight excluding hydrogens is 380 g/mol. The van der Waals surface area contributed by atoms with Gasteiger partial charge < -0.3 is 14.5 Å². The van der Waals surface area contributed by atoms with E-state index in [1.54, 1.807) is 18.4 Å². The number of piperazine rings is 1. The summed E-state index contributed by atoms with van der Waals surface area (Å²) in [6.45, 7) is 3.17. The Labute approximate surface area is 175 Å². The smallest absolute Gasteiger partial charge is 0.264 e. The van der Waals surface area contributed by atoms with Gasteiger partial charge in [-0.05, 0) is 47.7 Å². The van der Waals surface area contributed by atoms with Crippen molar-refractivity contribution in [3.05, 3.63) is 70.6 Å². The lowest BCUT2D eigenvalue weighted by molar-refractivity contribution is 0.0751. The Hall–Kier alpha value is -2.79. The summed E-state index contributed by atoms with van der Waals surface area (Å²) < 4.78 is 5.34. The zero-order chi connectivity index (χ0) is 19.8. The molecule has 1 saturated heterocycles. The number of thiophene rings is 1. The fourth-order valence-electron chi connectivity index (χ4n) is 4.31. The minimum Gasteiger partial charge on any atom is -0.497 e. The van der Waals surface area contributed by atoms with E-state index in [1.807, 2.05) is 17.0 Å². The van der Waals surface area contributed by atoms with E-state index in [2.05, 4.69) is 47.4 Å². The number of fused-ring (bicyclic) bond motifs is 3. The molecule has 2 aliphatic rings. The fourth-order valence-corrected chi connectivity index (χ4v) is 5.55. The summed E-state index contributed by atoms with van der Waals surface area (Å²) >= 11 is 1.66. The molecule has 3 aromatic rings. The van der Waals surface area contributed by atoms with Crippen molar-refractivity contribution in [1.29, 1.82) is 0 Å². The van der Waals surface area contributed by atoms with Crippen LogP contribution in [0.5, 0.6) is 5.75 Å². The van der Waals surface area contributed by atoms with E-state index in [1.165, 1.54) is 21.6 Å². The van der Waals surface area contributed by atoms with Crippen LogP contribution < -0.4 is 9.64 Å². The van der Waals surface area contributed by atoms with Gasteiger partial charge in [-0.25, -0.2) is 0 Å². The molecule has 0 radical (unpaired) electrons. The number of carbonyl (C=O) groups is 1. The Morgan fingerprint density at radius 3 is 2.55 bits per heavy atom. The summed E-state index contributed by atoms with van der Waals surface area (Å²) in [5, 5.41) is 0. The van der Waals surface area contributed by atoms with E-state index in [0.717, 1.165) is 55.3 Å². The average molecular weight is 405 g/mol. The third-order valence-electron chi connectivity index (χ3n) is 5.93. The molecule has 5 rings (SSSR count). The summed E-state index contributed by atoms with van der Waals surface area (Å²) in [5.41, 5.74) is 5.18. The van der Waals surface area contributed by atoms with Gasteiger partial charge in [0.2, 0.25) is 0 Å². The molecule has 1 amide bonds. The second kappa shape index (κ2) is 7.56. The fraction of sp³-hybridized carbons (Fsp3) is 0.292. The van der Waals surface area contributed by atoms with E-state index < -0.39 is 0 Å². The molecule has 4 nitrogen and oxygen atoms in total. The zero-order valence-corrected chi connectivity index (χ0v) is 17.4. The molecule has 0 saturated carbocycles. The number of benzene rings is 2. The maximum Gasteiger partial charge on any atom is 0.264 e. The van der Waals surface area contributed by atoms with Gasteiger partial charge in [-0.1, -0.05) is 30.3 Å². The Morgan fingerprint density at radius 2 is 1.72 bits per heavy atom. The van der Waals surface area contributed by atoms with Crippen molar-refractivity contribution in [2.45, 2.75) is 12.8 Å². The first-order valence-corrected chi connectivity index (χ1v) is 10.9. The van der Waals surface area contributed by atoms with Gasteiger partial charge in [-0.15, -0.1) is 11.3 Å². The number of anilines is 1. The van der Waals surface area contributed by atoms with Crippen LogP contribution in [0.1, 0.15) is 20.8 Å². The molecule has 0 N–H and O–H groups in total. The lowest BCUT2D eigenvalue weighted by Gasteiger charge is -2.36. The lowest BCUT2D eigenvalue weighted by atomic mass is 9.91. The summed E-state index contributed by atoms with van der Waals surface area (Å²) in [6, 6.07) is 18.8. The van der Waals surface area contributed by atoms with Crippen LogP contribution in [0.3, 0.4) is 0 Å². The summed E-state index contributed by atoms with van der Waals surface area (Å²) in [4.78, 5) is 19.7. The molecule has 2 aromatic carbocycles. The molecule has 1 aliphatic heterocycles. The highest BCUT2D eigenvalue weighted by atomic mass is 32.1. The van der Waals surface area contributed by atoms with Crippen molar-refractivity contribution in [3.8, 4) is 16.2 Å². The van der Waals surface area contributed by atoms with Gasteiger partial charge in [0.25, 0.3) is 5.91 Å². The highest BCUT2D eigenvalue weighted by Crippen LogP contribution is 2.39. The summed E-state index contributed by atoms with van der Waals surface area (Å²) in [7, 11) is 1.69. The van der Waals surface area contributed by atoms with Crippen molar-refractivity contribution in [1.82, 2.24) is 4.90 Å². The largest absolute Gasteiger partial charge is 0.497 e. The minimum absolute atomic E-state index is 0.173. The Balaban J connectivity index is 1.30. The van der Waals surface area contributed by atoms with Crippen LogP contribution in [0, 0.1) is 0 Å². The Kier molecular flexibility index (Phi) is 4.76. The highest BCUT2D eigenvalue weighted by molar-refractivity contribution is 7.17. The second-order valence-corrected chi connectivity index (χ2v) is 8.66. The van der Waals surface area contributed by atoms with Crippen LogP contribution in [0.4, 0.5) is 5.69 Å². The van der Waals surface area contributed by atoms with Gasteiger partial charge in [0.1, 0.15) is 5.75 Å². The van der Waals surface area contributed by atoms with Crippen molar-refractivity contribution in [2.75, 3.05) is 38.2 Å². The highest BCUT2D eigenvalue weighted by Gasteiger charge is 2.26. The maximum absolute atomic E-state index is 13.2. The first-order chi connectivity index (χ1) is 14.2. The van der Waals surface area contributed by atoms with Gasteiger partial charge in [0, 0.05) is 42.8 Å². The standard InChI is InChI=1S/C24H24N2O2S/c1-28-20-7-4-6-19(16-20)25-11-13-26(14-12-25)24(27)22-15-18-10-9-17-5-2-3-8-21(17)23(18)29-22/h2-8,15-16H,9-14H2,1H3. The van der Waals surface area contributed by atoms with Gasteiger partial charge in [-0.3, -0.25) is 4.79 Å². The topological polar surface area (TPSA) is 32.8 Å². The van der Waals surface area contributed by atoms with Crippen LogP contribution >= 0.6 is 11.3 Å². The molecule has 0 bridgehead atoms. The van der Waals surface area contributed by atoms with Crippen molar-refractivity contribution in [2.24, 2.45) is 0 Å². The second-order valence-electron chi connectivity index (χ2n) is 7.60. The number of rotatable bonds is 3. The van der Waals surface area contributed by atoms with E-state index in [-0.39, 0.29) is 5.91 Å². The average Bonchev–Trinajstić information content (AvgIpc) is 3.24. The van der Waals surface area contributed by atoms with Crippen LogP contribution in [0.25, 0.3) is 10.4 Å². The molecule has 148 valence electrons. The molecule has 0 spiro atoms. The van der Waals surface area contributed by atoms with E-state index >= 15 is 0 Å². The van der Waals surface area contributed by atoms with Crippen molar-refractivity contribution in [3.63, 3.8) is 0 Å². The SMILES string of the molecule is COc1cccc(N2CCN(C(=O)c3cc4c(s3)-c3ccccc3CC4)CC2)c1. The Morgan fingerprint density at radius 1 is 0.931 bits per heavy atom. The number of aryl methyl sites for hydroxylation is 2. The predicted molar refractivity (Wildman–Crippen MR) is 118 cm³/mol. The molecule has 2 heterocycles. The molecule has 1 aliphatic carbocycles. The van der Waals surface area contributed by atoms with Crippen LogP contribution in [0.15, 0.2) is 54.6 Å².